The van der Waals surface area contributed by atoms with Crippen molar-refractivity contribution in [2.24, 2.45) is 0 Å². The van der Waals surface area contributed by atoms with Crippen LogP contribution in [-0.4, -0.2) is 12.6 Å². The fraction of sp³-hybridized carbons (Fsp3) is 0.368. The van der Waals surface area contributed by atoms with Crippen molar-refractivity contribution < 1.29 is 0 Å². The van der Waals surface area contributed by atoms with Crippen molar-refractivity contribution in [1.29, 1.82) is 0 Å². The van der Waals surface area contributed by atoms with E-state index in [2.05, 4.69) is 56.4 Å². The van der Waals surface area contributed by atoms with Gasteiger partial charge in [-0.3, -0.25) is 0 Å². The van der Waals surface area contributed by atoms with Gasteiger partial charge in [-0.15, -0.1) is 0 Å². The third-order valence-electron chi connectivity index (χ3n) is 3.83. The molecule has 0 aliphatic carbocycles. The molecule has 0 heterocycles. The van der Waals surface area contributed by atoms with E-state index in [-0.39, 0.29) is 0 Å². The monoisotopic (exact) mass is 301 g/mol. The van der Waals surface area contributed by atoms with E-state index in [1.165, 1.54) is 22.3 Å². The summed E-state index contributed by atoms with van der Waals surface area (Å²) in [5.41, 5.74) is 5.42. The molecular formula is C19H24ClN. The summed E-state index contributed by atoms with van der Waals surface area (Å²) in [6.45, 7) is 7.49. The fourth-order valence-corrected chi connectivity index (χ4v) is 2.95. The Morgan fingerprint density at radius 3 is 2.57 bits per heavy atom. The van der Waals surface area contributed by atoms with Crippen LogP contribution in [0.4, 0.5) is 0 Å². The number of aryl methyl sites for hydroxylation is 2. The highest BCUT2D eigenvalue weighted by Gasteiger charge is 2.11. The van der Waals surface area contributed by atoms with E-state index in [4.69, 9.17) is 11.6 Å². The summed E-state index contributed by atoms with van der Waals surface area (Å²) in [7, 11) is 0. The van der Waals surface area contributed by atoms with Gasteiger partial charge in [0.2, 0.25) is 0 Å². The molecule has 0 fully saturated rings. The van der Waals surface area contributed by atoms with Crippen LogP contribution >= 0.6 is 11.6 Å². The standard InChI is InChI=1S/C19H24ClN/c1-4-21-19(12-16-6-5-7-18(20)11-16)13-17-10-14(2)8-9-15(17)3/h5-11,19,21H,4,12-13H2,1-3H3. The van der Waals surface area contributed by atoms with Crippen molar-refractivity contribution in [3.05, 3.63) is 69.7 Å². The SMILES string of the molecule is CCNC(Cc1cccc(Cl)c1)Cc1cc(C)ccc1C. The van der Waals surface area contributed by atoms with E-state index in [9.17, 15) is 0 Å². The van der Waals surface area contributed by atoms with Crippen LogP contribution in [0, 0.1) is 13.8 Å². The Kier molecular flexibility index (Phi) is 5.84. The molecule has 2 rings (SSSR count). The Morgan fingerprint density at radius 2 is 1.86 bits per heavy atom. The topological polar surface area (TPSA) is 12.0 Å². The smallest absolute Gasteiger partial charge is 0.0408 e. The Hall–Kier alpha value is -1.31. The number of nitrogens with one attached hydrogen (secondary N) is 1. The van der Waals surface area contributed by atoms with Crippen LogP contribution in [0.1, 0.15) is 29.2 Å². The lowest BCUT2D eigenvalue weighted by Gasteiger charge is -2.20. The lowest BCUT2D eigenvalue weighted by Crippen LogP contribution is -2.33. The highest BCUT2D eigenvalue weighted by Crippen LogP contribution is 2.17. The molecule has 1 N–H and O–H groups in total. The zero-order valence-electron chi connectivity index (χ0n) is 13.1. The largest absolute Gasteiger partial charge is 0.314 e. The van der Waals surface area contributed by atoms with E-state index < -0.39 is 0 Å². The summed E-state index contributed by atoms with van der Waals surface area (Å²) >= 11 is 6.09. The van der Waals surface area contributed by atoms with Gasteiger partial charge >= 0.3 is 0 Å². The Balaban J connectivity index is 2.13. The molecule has 1 unspecified atom stereocenters. The summed E-state index contributed by atoms with van der Waals surface area (Å²) in [5, 5.41) is 4.42. The van der Waals surface area contributed by atoms with Crippen LogP contribution in [0.2, 0.25) is 5.02 Å². The predicted octanol–water partition coefficient (Wildman–Crippen LogP) is 4.72. The highest BCUT2D eigenvalue weighted by molar-refractivity contribution is 6.30. The molecule has 2 aromatic rings. The Morgan fingerprint density at radius 1 is 1.05 bits per heavy atom. The van der Waals surface area contributed by atoms with E-state index in [0.29, 0.717) is 6.04 Å². The molecule has 0 aliphatic heterocycles. The molecule has 0 aliphatic rings. The molecule has 2 aromatic carbocycles. The molecule has 0 saturated heterocycles. The third kappa shape index (κ3) is 4.87. The Labute approximate surface area is 133 Å². The summed E-state index contributed by atoms with van der Waals surface area (Å²) in [5.74, 6) is 0. The number of hydrogen-bond donors (Lipinski definition) is 1. The second-order valence-corrected chi connectivity index (χ2v) is 6.16. The van der Waals surface area contributed by atoms with Gasteiger partial charge in [0.15, 0.2) is 0 Å². The number of benzene rings is 2. The van der Waals surface area contributed by atoms with Crippen molar-refractivity contribution in [1.82, 2.24) is 5.32 Å². The maximum absolute atomic E-state index is 6.09. The molecule has 1 atom stereocenters. The first-order chi connectivity index (χ1) is 10.1. The molecular weight excluding hydrogens is 278 g/mol. The summed E-state index contributed by atoms with van der Waals surface area (Å²) in [6.07, 6.45) is 2.05. The summed E-state index contributed by atoms with van der Waals surface area (Å²) < 4.78 is 0. The van der Waals surface area contributed by atoms with Gasteiger partial charge in [0, 0.05) is 11.1 Å². The number of rotatable bonds is 6. The number of likely N-dealkylation sites (N-methyl/N-ethyl adjacent to an activating group) is 1. The van der Waals surface area contributed by atoms with Gasteiger partial charge in [0.05, 0.1) is 0 Å². The van der Waals surface area contributed by atoms with Crippen LogP contribution in [0.15, 0.2) is 42.5 Å². The van der Waals surface area contributed by atoms with Crippen molar-refractivity contribution in [2.45, 2.75) is 39.7 Å². The van der Waals surface area contributed by atoms with E-state index >= 15 is 0 Å². The zero-order valence-corrected chi connectivity index (χ0v) is 13.9. The normalized spacial score (nSPS) is 12.4. The molecule has 0 amide bonds. The molecule has 2 heteroatoms. The lowest BCUT2D eigenvalue weighted by molar-refractivity contribution is 0.520. The van der Waals surface area contributed by atoms with Crippen molar-refractivity contribution in [3.63, 3.8) is 0 Å². The molecule has 112 valence electrons. The average molecular weight is 302 g/mol. The fourth-order valence-electron chi connectivity index (χ4n) is 2.74. The summed E-state index contributed by atoms with van der Waals surface area (Å²) in [4.78, 5) is 0. The molecule has 0 radical (unpaired) electrons. The quantitative estimate of drug-likeness (QED) is 0.814. The van der Waals surface area contributed by atoms with Crippen LogP contribution in [-0.2, 0) is 12.8 Å². The molecule has 1 nitrogen and oxygen atoms in total. The molecule has 0 saturated carbocycles. The van der Waals surface area contributed by atoms with E-state index in [1.54, 1.807) is 0 Å². The van der Waals surface area contributed by atoms with Gasteiger partial charge in [-0.2, -0.15) is 0 Å². The van der Waals surface area contributed by atoms with Crippen LogP contribution in [0.25, 0.3) is 0 Å². The van der Waals surface area contributed by atoms with E-state index in [1.807, 2.05) is 12.1 Å². The van der Waals surface area contributed by atoms with Gasteiger partial charge < -0.3 is 5.32 Å². The second-order valence-electron chi connectivity index (χ2n) is 5.72. The molecule has 21 heavy (non-hydrogen) atoms. The van der Waals surface area contributed by atoms with Gasteiger partial charge in [-0.25, -0.2) is 0 Å². The zero-order chi connectivity index (χ0) is 15.2. The molecule has 0 aromatic heterocycles. The van der Waals surface area contributed by atoms with Gasteiger partial charge in [0.1, 0.15) is 0 Å². The number of hydrogen-bond acceptors (Lipinski definition) is 1. The van der Waals surface area contributed by atoms with Crippen LogP contribution in [0.5, 0.6) is 0 Å². The first-order valence-electron chi connectivity index (χ1n) is 7.62. The minimum atomic E-state index is 0.439. The van der Waals surface area contributed by atoms with Gasteiger partial charge in [-0.1, -0.05) is 54.4 Å². The van der Waals surface area contributed by atoms with Crippen molar-refractivity contribution >= 4 is 11.6 Å². The van der Waals surface area contributed by atoms with Gasteiger partial charge in [-0.05, 0) is 62.1 Å². The molecule has 0 bridgehead atoms. The second kappa shape index (κ2) is 7.63. The van der Waals surface area contributed by atoms with Crippen LogP contribution < -0.4 is 5.32 Å². The predicted molar refractivity (Wildman–Crippen MR) is 92.2 cm³/mol. The van der Waals surface area contributed by atoms with Crippen molar-refractivity contribution in [3.8, 4) is 0 Å². The average Bonchev–Trinajstić information content (AvgIpc) is 2.43. The summed E-state index contributed by atoms with van der Waals surface area (Å²) in [6, 6.07) is 15.3. The van der Waals surface area contributed by atoms with E-state index in [0.717, 1.165) is 24.4 Å². The van der Waals surface area contributed by atoms with Crippen LogP contribution in [0.3, 0.4) is 0 Å². The lowest BCUT2D eigenvalue weighted by atomic mass is 9.95. The minimum absolute atomic E-state index is 0.439. The number of halogens is 1. The first-order valence-corrected chi connectivity index (χ1v) is 8.00. The third-order valence-corrected chi connectivity index (χ3v) is 4.07. The maximum Gasteiger partial charge on any atom is 0.0408 e. The molecule has 0 spiro atoms. The van der Waals surface area contributed by atoms with Gasteiger partial charge in [0.25, 0.3) is 0 Å². The Bertz CT molecular complexity index is 592. The highest BCUT2D eigenvalue weighted by atomic mass is 35.5. The maximum atomic E-state index is 6.09. The van der Waals surface area contributed by atoms with Crippen molar-refractivity contribution in [2.75, 3.05) is 6.54 Å². The minimum Gasteiger partial charge on any atom is -0.314 e. The first kappa shape index (κ1) is 16.1.